The van der Waals surface area contributed by atoms with Gasteiger partial charge >= 0.3 is 0 Å². The molecule has 0 saturated carbocycles. The molecule has 0 aliphatic carbocycles. The van der Waals surface area contributed by atoms with Crippen molar-refractivity contribution in [2.24, 2.45) is 0 Å². The summed E-state index contributed by atoms with van der Waals surface area (Å²) in [6.07, 6.45) is 1.99. The van der Waals surface area contributed by atoms with E-state index in [0.717, 1.165) is 33.2 Å². The van der Waals surface area contributed by atoms with Gasteiger partial charge < -0.3 is 24.2 Å². The first kappa shape index (κ1) is 30.9. The summed E-state index contributed by atoms with van der Waals surface area (Å²) in [5.74, 6) is 2.15. The van der Waals surface area contributed by atoms with E-state index in [4.69, 9.17) is 14.2 Å². The molecule has 1 saturated heterocycles. The fourth-order valence-electron chi connectivity index (χ4n) is 5.42. The summed E-state index contributed by atoms with van der Waals surface area (Å²) in [6.45, 7) is 0.542. The van der Waals surface area contributed by atoms with Crippen LogP contribution in [0.5, 0.6) is 11.5 Å². The lowest BCUT2D eigenvalue weighted by Gasteiger charge is -2.38. The molecule has 5 rings (SSSR count). The molecule has 224 valence electrons. The first-order valence-electron chi connectivity index (χ1n) is 14.2. The van der Waals surface area contributed by atoms with Gasteiger partial charge in [0.25, 0.3) is 0 Å². The molecule has 2 atom stereocenters. The van der Waals surface area contributed by atoms with E-state index in [1.807, 2.05) is 84.9 Å². The van der Waals surface area contributed by atoms with Gasteiger partial charge in [0.1, 0.15) is 22.1 Å². The van der Waals surface area contributed by atoms with Crippen molar-refractivity contribution in [3.8, 4) is 11.5 Å². The molecule has 1 amide bonds. The number of hydrogen-bond donors (Lipinski definition) is 1. The summed E-state index contributed by atoms with van der Waals surface area (Å²) in [5.41, 5.74) is 1.80. The summed E-state index contributed by atoms with van der Waals surface area (Å²) in [7, 11) is 6.45. The summed E-state index contributed by atoms with van der Waals surface area (Å²) in [5, 5.41) is 11.6. The molecule has 0 unspecified atom stereocenters. The molecule has 43 heavy (non-hydrogen) atoms. The zero-order valence-electron chi connectivity index (χ0n) is 24.3. The Bertz CT molecular complexity index is 1390. The highest BCUT2D eigenvalue weighted by atomic mass is 33.1. The van der Waals surface area contributed by atoms with Gasteiger partial charge in [0.05, 0.1) is 33.0 Å². The summed E-state index contributed by atoms with van der Waals surface area (Å²) >= 11 is 0. The Morgan fingerprint density at radius 3 is 2.07 bits per heavy atom. The van der Waals surface area contributed by atoms with E-state index in [1.54, 1.807) is 46.9 Å². The van der Waals surface area contributed by atoms with Gasteiger partial charge in [-0.25, -0.2) is 4.98 Å². The number of nitrogens with zero attached hydrogens (tertiary/aromatic N) is 2. The molecule has 1 fully saturated rings. The van der Waals surface area contributed by atoms with Crippen LogP contribution in [0.4, 0.5) is 0 Å². The smallest absolute Gasteiger partial charge is 0.223 e. The molecule has 9 heteroatoms. The molecular weight excluding hydrogens is 581 g/mol. The predicted molar refractivity (Wildman–Crippen MR) is 172 cm³/mol. The van der Waals surface area contributed by atoms with Gasteiger partial charge in [0.2, 0.25) is 5.91 Å². The highest BCUT2D eigenvalue weighted by Crippen LogP contribution is 2.42. The molecule has 1 aliphatic heterocycles. The largest absolute Gasteiger partial charge is 0.497 e. The van der Waals surface area contributed by atoms with Crippen LogP contribution in [0, 0.1) is 0 Å². The van der Waals surface area contributed by atoms with Gasteiger partial charge in [-0.2, -0.15) is 0 Å². The molecule has 1 N–H and O–H groups in total. The van der Waals surface area contributed by atoms with Crippen LogP contribution in [-0.4, -0.2) is 66.2 Å². The van der Waals surface area contributed by atoms with Crippen molar-refractivity contribution < 1.29 is 24.1 Å². The minimum absolute atomic E-state index is 0.0125. The van der Waals surface area contributed by atoms with Crippen molar-refractivity contribution in [3.63, 3.8) is 0 Å². The molecular formula is C34H36N2O5S2. The highest BCUT2D eigenvalue weighted by molar-refractivity contribution is 8.76. The molecule has 4 aromatic rings. The average Bonchev–Trinajstić information content (AvgIpc) is 3.45. The lowest BCUT2D eigenvalue weighted by atomic mass is 9.80. The van der Waals surface area contributed by atoms with Crippen molar-refractivity contribution in [1.29, 1.82) is 0 Å². The van der Waals surface area contributed by atoms with Crippen LogP contribution in [-0.2, 0) is 15.1 Å². The lowest BCUT2D eigenvalue weighted by molar-refractivity contribution is -0.133. The molecule has 2 heterocycles. The second-order valence-electron chi connectivity index (χ2n) is 10.2. The molecule has 1 aliphatic rings. The Balaban J connectivity index is 1.40. The first-order chi connectivity index (χ1) is 21.0. The fraction of sp³-hybridized carbons (Fsp3) is 0.294. The average molecular weight is 617 g/mol. The van der Waals surface area contributed by atoms with Crippen LogP contribution in [0.2, 0.25) is 0 Å². The fourth-order valence-corrected chi connectivity index (χ4v) is 7.28. The normalized spacial score (nSPS) is 16.7. The molecule has 0 radical (unpaired) electrons. The number of likely N-dealkylation sites (tertiary alicyclic amines) is 1. The van der Waals surface area contributed by atoms with Gasteiger partial charge in [-0.1, -0.05) is 71.5 Å². The number of aromatic nitrogens is 1. The van der Waals surface area contributed by atoms with Gasteiger partial charge in [-0.05, 0) is 70.3 Å². The zero-order chi connectivity index (χ0) is 30.1. The van der Waals surface area contributed by atoms with Crippen LogP contribution < -0.4 is 9.47 Å². The maximum Gasteiger partial charge on any atom is 0.223 e. The topological polar surface area (TPSA) is 81.1 Å². The van der Waals surface area contributed by atoms with Gasteiger partial charge in [0.15, 0.2) is 0 Å². The van der Waals surface area contributed by atoms with E-state index in [2.05, 4.69) is 17.1 Å². The Hall–Kier alpha value is -3.50. The number of ether oxygens (including phenoxy) is 3. The number of methoxy groups -OCH3 is 2. The van der Waals surface area contributed by atoms with E-state index >= 15 is 0 Å². The number of benzene rings is 3. The van der Waals surface area contributed by atoms with Crippen molar-refractivity contribution in [2.75, 3.05) is 33.1 Å². The third-order valence-electron chi connectivity index (χ3n) is 7.56. The summed E-state index contributed by atoms with van der Waals surface area (Å²) in [6, 6.07) is 31.4. The number of β-amino-alcohol motifs (C(OH)–C–C–N with tert-alkyl or cyclic N) is 1. The standard InChI is InChI=1S/C34H36N2O5S2/c1-39-30-15-11-26(12-16-30)34(25-8-4-3-5-9-25,27-13-17-31(40-2)18-14-27)41-24-28-22-29(37)23-36(28)33(38)19-21-42-43-32-10-6-7-20-35-32/h3-18,20,28-29,37H,19,21-24H2,1-2H3/t28-,29+/m0/s1. The van der Waals surface area contributed by atoms with Crippen molar-refractivity contribution in [1.82, 2.24) is 9.88 Å². The maximum atomic E-state index is 13.4. The Labute approximate surface area is 261 Å². The molecule has 3 aromatic carbocycles. The Morgan fingerprint density at radius 1 is 0.884 bits per heavy atom. The van der Waals surface area contributed by atoms with Crippen molar-refractivity contribution in [2.45, 2.75) is 35.6 Å². The molecule has 0 spiro atoms. The minimum Gasteiger partial charge on any atom is -0.497 e. The van der Waals surface area contributed by atoms with Crippen LogP contribution in [0.3, 0.4) is 0 Å². The van der Waals surface area contributed by atoms with E-state index in [9.17, 15) is 9.90 Å². The number of carbonyl (C=O) groups excluding carboxylic acids is 1. The number of aliphatic hydroxyl groups excluding tert-OH is 1. The van der Waals surface area contributed by atoms with Crippen molar-refractivity contribution in [3.05, 3.63) is 120 Å². The van der Waals surface area contributed by atoms with Gasteiger partial charge in [-0.3, -0.25) is 4.79 Å². The van der Waals surface area contributed by atoms with Crippen LogP contribution >= 0.6 is 21.6 Å². The van der Waals surface area contributed by atoms with Crippen LogP contribution in [0.25, 0.3) is 0 Å². The number of aliphatic hydroxyl groups is 1. The monoisotopic (exact) mass is 616 g/mol. The van der Waals surface area contributed by atoms with E-state index in [1.165, 1.54) is 0 Å². The third-order valence-corrected chi connectivity index (χ3v) is 9.83. The number of amides is 1. The van der Waals surface area contributed by atoms with Crippen LogP contribution in [0.1, 0.15) is 29.5 Å². The van der Waals surface area contributed by atoms with E-state index in [-0.39, 0.29) is 18.6 Å². The number of hydrogen-bond acceptors (Lipinski definition) is 8. The number of carbonyl (C=O) groups is 1. The lowest BCUT2D eigenvalue weighted by Crippen LogP contribution is -2.42. The number of rotatable bonds is 13. The van der Waals surface area contributed by atoms with E-state index in [0.29, 0.717) is 25.1 Å². The molecule has 1 aromatic heterocycles. The predicted octanol–water partition coefficient (Wildman–Crippen LogP) is 6.20. The Kier molecular flexibility index (Phi) is 10.6. The van der Waals surface area contributed by atoms with Gasteiger partial charge in [0, 0.05) is 24.9 Å². The maximum absolute atomic E-state index is 13.4. The zero-order valence-corrected chi connectivity index (χ0v) is 25.9. The summed E-state index contributed by atoms with van der Waals surface area (Å²) < 4.78 is 17.9. The third kappa shape index (κ3) is 7.36. The van der Waals surface area contributed by atoms with Crippen LogP contribution in [0.15, 0.2) is 108 Å². The van der Waals surface area contributed by atoms with Crippen molar-refractivity contribution >= 4 is 27.5 Å². The summed E-state index contributed by atoms with van der Waals surface area (Å²) in [4.78, 5) is 19.5. The van der Waals surface area contributed by atoms with Gasteiger partial charge in [-0.15, -0.1) is 0 Å². The number of pyridine rings is 1. The second kappa shape index (κ2) is 14.8. The SMILES string of the molecule is COc1ccc(C(OC[C@@H]2C[C@@H](O)CN2C(=O)CCSSc2ccccn2)(c2ccccc2)c2ccc(OC)cc2)cc1. The highest BCUT2D eigenvalue weighted by Gasteiger charge is 2.41. The Morgan fingerprint density at radius 2 is 1.49 bits per heavy atom. The minimum atomic E-state index is -0.989. The first-order valence-corrected chi connectivity index (χ1v) is 16.5. The van der Waals surface area contributed by atoms with E-state index < -0.39 is 11.7 Å². The quantitative estimate of drug-likeness (QED) is 0.108. The second-order valence-corrected chi connectivity index (χ2v) is 12.7. The molecule has 0 bridgehead atoms. The molecule has 7 nitrogen and oxygen atoms in total.